The van der Waals surface area contributed by atoms with Crippen molar-refractivity contribution in [2.45, 2.75) is 13.3 Å². The van der Waals surface area contributed by atoms with E-state index in [4.69, 9.17) is 9.84 Å². The van der Waals surface area contributed by atoms with Gasteiger partial charge < -0.3 is 9.84 Å². The molecule has 0 atom stereocenters. The molecule has 0 spiro atoms. The standard InChI is InChI=1S/C11H13NO3/c1-2-15-8-10(11(13)14)7-9-3-5-12-6-4-9/h3-6,8H,2,7H2,1H3,(H,13,14)/b10-8-. The molecule has 4 heteroatoms. The number of hydrogen-bond donors (Lipinski definition) is 1. The molecule has 0 radical (unpaired) electrons. The van der Waals surface area contributed by atoms with E-state index in [0.29, 0.717) is 13.0 Å². The summed E-state index contributed by atoms with van der Waals surface area (Å²) >= 11 is 0. The molecule has 1 aromatic rings. The Morgan fingerprint density at radius 3 is 2.73 bits per heavy atom. The molecule has 1 aromatic heterocycles. The first-order valence-electron chi connectivity index (χ1n) is 4.67. The van der Waals surface area contributed by atoms with Crippen molar-refractivity contribution < 1.29 is 14.6 Å². The van der Waals surface area contributed by atoms with Crippen LogP contribution in [0, 0.1) is 0 Å². The second-order valence-corrected chi connectivity index (χ2v) is 2.94. The van der Waals surface area contributed by atoms with E-state index in [9.17, 15) is 4.79 Å². The highest BCUT2D eigenvalue weighted by molar-refractivity contribution is 5.86. The van der Waals surface area contributed by atoms with Crippen LogP contribution < -0.4 is 0 Å². The molecular weight excluding hydrogens is 194 g/mol. The van der Waals surface area contributed by atoms with Crippen molar-refractivity contribution in [3.05, 3.63) is 41.9 Å². The van der Waals surface area contributed by atoms with E-state index in [2.05, 4.69) is 4.98 Å². The highest BCUT2D eigenvalue weighted by Crippen LogP contribution is 2.07. The Balaban J connectivity index is 2.72. The van der Waals surface area contributed by atoms with Crippen molar-refractivity contribution in [2.75, 3.05) is 6.61 Å². The Labute approximate surface area is 88.2 Å². The summed E-state index contributed by atoms with van der Waals surface area (Å²) in [4.78, 5) is 14.7. The van der Waals surface area contributed by atoms with Gasteiger partial charge >= 0.3 is 5.97 Å². The zero-order chi connectivity index (χ0) is 11.1. The van der Waals surface area contributed by atoms with E-state index in [0.717, 1.165) is 5.56 Å². The molecule has 0 aromatic carbocycles. The van der Waals surface area contributed by atoms with Crippen LogP contribution in [-0.4, -0.2) is 22.7 Å². The number of aliphatic carboxylic acids is 1. The predicted molar refractivity (Wildman–Crippen MR) is 55.3 cm³/mol. The summed E-state index contributed by atoms with van der Waals surface area (Å²) in [7, 11) is 0. The fourth-order valence-electron chi connectivity index (χ4n) is 1.07. The van der Waals surface area contributed by atoms with Gasteiger partial charge in [0, 0.05) is 18.8 Å². The Bertz CT molecular complexity index is 346. The Hall–Kier alpha value is -1.84. The number of nitrogens with zero attached hydrogens (tertiary/aromatic N) is 1. The monoisotopic (exact) mass is 207 g/mol. The van der Waals surface area contributed by atoms with E-state index < -0.39 is 5.97 Å². The van der Waals surface area contributed by atoms with Gasteiger partial charge in [0.05, 0.1) is 18.4 Å². The fourth-order valence-corrected chi connectivity index (χ4v) is 1.07. The molecule has 0 saturated carbocycles. The predicted octanol–water partition coefficient (Wildman–Crippen LogP) is 1.63. The highest BCUT2D eigenvalue weighted by atomic mass is 16.5. The van der Waals surface area contributed by atoms with Crippen LogP contribution in [0.25, 0.3) is 0 Å². The molecule has 0 unspecified atom stereocenters. The van der Waals surface area contributed by atoms with Crippen LogP contribution in [0.1, 0.15) is 12.5 Å². The number of carboxylic acid groups (broad SMARTS) is 1. The maximum absolute atomic E-state index is 10.8. The normalized spacial score (nSPS) is 11.1. The molecule has 0 bridgehead atoms. The summed E-state index contributed by atoms with van der Waals surface area (Å²) in [6, 6.07) is 3.56. The Morgan fingerprint density at radius 2 is 2.20 bits per heavy atom. The van der Waals surface area contributed by atoms with E-state index in [1.807, 2.05) is 6.92 Å². The summed E-state index contributed by atoms with van der Waals surface area (Å²) in [5, 5.41) is 8.90. The van der Waals surface area contributed by atoms with Crippen molar-refractivity contribution in [3.63, 3.8) is 0 Å². The average Bonchev–Trinajstić information content (AvgIpc) is 2.25. The largest absolute Gasteiger partial charge is 0.501 e. The van der Waals surface area contributed by atoms with Gasteiger partial charge in [-0.15, -0.1) is 0 Å². The van der Waals surface area contributed by atoms with Crippen molar-refractivity contribution in [2.24, 2.45) is 0 Å². The van der Waals surface area contributed by atoms with Crippen LogP contribution in [0.2, 0.25) is 0 Å². The Morgan fingerprint density at radius 1 is 1.53 bits per heavy atom. The molecule has 1 heterocycles. The van der Waals surface area contributed by atoms with Crippen molar-refractivity contribution in [3.8, 4) is 0 Å². The second kappa shape index (κ2) is 5.80. The van der Waals surface area contributed by atoms with Crippen LogP contribution in [-0.2, 0) is 16.0 Å². The fraction of sp³-hybridized carbons (Fsp3) is 0.273. The van der Waals surface area contributed by atoms with Gasteiger partial charge in [0.1, 0.15) is 0 Å². The zero-order valence-corrected chi connectivity index (χ0v) is 8.51. The van der Waals surface area contributed by atoms with Gasteiger partial charge in [-0.3, -0.25) is 4.98 Å². The number of rotatable bonds is 5. The smallest absolute Gasteiger partial charge is 0.335 e. The topological polar surface area (TPSA) is 59.4 Å². The number of aromatic nitrogens is 1. The lowest BCUT2D eigenvalue weighted by atomic mass is 10.1. The lowest BCUT2D eigenvalue weighted by Crippen LogP contribution is -2.05. The molecule has 0 aliphatic rings. The van der Waals surface area contributed by atoms with E-state index >= 15 is 0 Å². The lowest BCUT2D eigenvalue weighted by molar-refractivity contribution is -0.132. The van der Waals surface area contributed by atoms with Crippen molar-refractivity contribution in [1.82, 2.24) is 4.98 Å². The maximum Gasteiger partial charge on any atom is 0.335 e. The second-order valence-electron chi connectivity index (χ2n) is 2.94. The van der Waals surface area contributed by atoms with Gasteiger partial charge in [-0.1, -0.05) is 0 Å². The van der Waals surface area contributed by atoms with Gasteiger partial charge in [-0.05, 0) is 24.6 Å². The average molecular weight is 207 g/mol. The molecule has 0 fully saturated rings. The molecule has 15 heavy (non-hydrogen) atoms. The van der Waals surface area contributed by atoms with Gasteiger partial charge in [0.15, 0.2) is 0 Å². The maximum atomic E-state index is 10.8. The minimum absolute atomic E-state index is 0.239. The summed E-state index contributed by atoms with van der Waals surface area (Å²) in [5.41, 5.74) is 1.14. The third kappa shape index (κ3) is 3.81. The van der Waals surface area contributed by atoms with Crippen LogP contribution in [0.5, 0.6) is 0 Å². The third-order valence-electron chi connectivity index (χ3n) is 1.81. The minimum atomic E-state index is -0.958. The van der Waals surface area contributed by atoms with E-state index in [-0.39, 0.29) is 5.57 Å². The summed E-state index contributed by atoms with van der Waals surface area (Å²) in [6.45, 7) is 2.27. The van der Waals surface area contributed by atoms with E-state index in [1.165, 1.54) is 6.26 Å². The SMILES string of the molecule is CCO/C=C(/Cc1ccncc1)C(=O)O. The first kappa shape index (κ1) is 11.2. The molecule has 0 amide bonds. The van der Waals surface area contributed by atoms with Crippen molar-refractivity contribution >= 4 is 5.97 Å². The minimum Gasteiger partial charge on any atom is -0.501 e. The lowest BCUT2D eigenvalue weighted by Gasteiger charge is -2.02. The summed E-state index contributed by atoms with van der Waals surface area (Å²) in [6.07, 6.45) is 4.91. The van der Waals surface area contributed by atoms with Crippen LogP contribution in [0.3, 0.4) is 0 Å². The van der Waals surface area contributed by atoms with Crippen LogP contribution in [0.4, 0.5) is 0 Å². The van der Waals surface area contributed by atoms with Gasteiger partial charge in [-0.2, -0.15) is 0 Å². The van der Waals surface area contributed by atoms with Gasteiger partial charge in [-0.25, -0.2) is 4.79 Å². The molecule has 4 nitrogen and oxygen atoms in total. The van der Waals surface area contributed by atoms with Crippen molar-refractivity contribution in [1.29, 1.82) is 0 Å². The number of carboxylic acids is 1. The number of carbonyl (C=O) groups is 1. The number of ether oxygens (including phenoxy) is 1. The quantitative estimate of drug-likeness (QED) is 0.589. The summed E-state index contributed by atoms with van der Waals surface area (Å²) in [5.74, 6) is -0.958. The molecule has 0 aliphatic carbocycles. The number of hydrogen-bond acceptors (Lipinski definition) is 3. The molecule has 0 aliphatic heterocycles. The van der Waals surface area contributed by atoms with E-state index in [1.54, 1.807) is 24.5 Å². The highest BCUT2D eigenvalue weighted by Gasteiger charge is 2.08. The van der Waals surface area contributed by atoms with Crippen LogP contribution in [0.15, 0.2) is 36.4 Å². The first-order valence-corrected chi connectivity index (χ1v) is 4.67. The van der Waals surface area contributed by atoms with Crippen LogP contribution >= 0.6 is 0 Å². The van der Waals surface area contributed by atoms with Gasteiger partial charge in [0.2, 0.25) is 0 Å². The Kier molecular flexibility index (Phi) is 4.34. The molecule has 1 rings (SSSR count). The van der Waals surface area contributed by atoms with Gasteiger partial charge in [0.25, 0.3) is 0 Å². The molecule has 0 saturated heterocycles. The zero-order valence-electron chi connectivity index (χ0n) is 8.51. The third-order valence-corrected chi connectivity index (χ3v) is 1.81. The first-order chi connectivity index (χ1) is 7.24. The molecule has 1 N–H and O–H groups in total. The molecule has 80 valence electrons. The molecular formula is C11H13NO3. The summed E-state index contributed by atoms with van der Waals surface area (Å²) < 4.78 is 4.97. The number of pyridine rings is 1.